The average molecular weight is 623 g/mol. The first-order valence-electron chi connectivity index (χ1n) is 13.7. The Kier molecular flexibility index (Phi) is 6.87. The molecule has 7 rings (SSSR count). The number of amides is 3. The Morgan fingerprint density at radius 3 is 2.30 bits per heavy atom. The number of nitrogens with zero attached hydrogens (tertiary/aromatic N) is 3. The maximum Gasteiger partial charge on any atom is 0.308 e. The van der Waals surface area contributed by atoms with E-state index in [0.717, 1.165) is 44.3 Å². The van der Waals surface area contributed by atoms with E-state index in [1.54, 1.807) is 6.07 Å². The minimum absolute atomic E-state index is 0.157. The van der Waals surface area contributed by atoms with Gasteiger partial charge in [0.2, 0.25) is 17.7 Å². The average Bonchev–Trinajstić information content (AvgIpc) is 3.47. The third-order valence-electron chi connectivity index (χ3n) is 7.86. The van der Waals surface area contributed by atoms with Crippen molar-refractivity contribution in [2.75, 3.05) is 10.2 Å². The first-order chi connectivity index (χ1) is 21.3. The highest BCUT2D eigenvalue weighted by Crippen LogP contribution is 2.53. The van der Waals surface area contributed by atoms with Gasteiger partial charge in [0.15, 0.2) is 0 Å². The lowest BCUT2D eigenvalue weighted by Gasteiger charge is -2.30. The molecular formula is C32H22N4O6S2. The molecule has 3 heterocycles. The molecule has 1 aromatic heterocycles. The summed E-state index contributed by atoms with van der Waals surface area (Å²) in [4.78, 5) is 66.3. The Balaban J connectivity index is 1.24. The van der Waals surface area contributed by atoms with E-state index in [1.165, 1.54) is 28.8 Å². The van der Waals surface area contributed by atoms with Gasteiger partial charge in [-0.15, -0.1) is 0 Å². The molecule has 44 heavy (non-hydrogen) atoms. The Hall–Kier alpha value is -5.07. The van der Waals surface area contributed by atoms with E-state index in [0.29, 0.717) is 15.6 Å². The molecule has 0 saturated carbocycles. The lowest BCUT2D eigenvalue weighted by molar-refractivity contribution is -0.384. The fraction of sp³-hybridized carbons (Fsp3) is 0.125. The number of hydrogen-bond donors (Lipinski definition) is 1. The molecule has 0 aliphatic carbocycles. The number of fused-ring (bicyclic) bond motifs is 3. The Morgan fingerprint density at radius 1 is 0.864 bits per heavy atom. The van der Waals surface area contributed by atoms with Crippen LogP contribution in [0.4, 0.5) is 17.1 Å². The van der Waals surface area contributed by atoms with Gasteiger partial charge in [0.1, 0.15) is 11.8 Å². The highest BCUT2D eigenvalue weighted by molar-refractivity contribution is 8.00. The van der Waals surface area contributed by atoms with Gasteiger partial charge < -0.3 is 5.32 Å². The normalized spacial score (nSPS) is 19.1. The number of rotatable bonds is 6. The van der Waals surface area contributed by atoms with Crippen molar-refractivity contribution in [3.63, 3.8) is 0 Å². The molecule has 3 amide bonds. The predicted octanol–water partition coefficient (Wildman–Crippen LogP) is 5.41. The summed E-state index contributed by atoms with van der Waals surface area (Å²) in [7, 11) is 0. The number of carbonyl (C=O) groups excluding carboxylic acids is 3. The van der Waals surface area contributed by atoms with Crippen molar-refractivity contribution in [3.05, 3.63) is 127 Å². The van der Waals surface area contributed by atoms with Gasteiger partial charge in [-0.25, -0.2) is 4.90 Å². The third kappa shape index (κ3) is 4.68. The fourth-order valence-corrected chi connectivity index (χ4v) is 8.64. The van der Waals surface area contributed by atoms with E-state index in [1.807, 2.05) is 66.7 Å². The number of non-ortho nitro benzene ring substituents is 1. The van der Waals surface area contributed by atoms with Gasteiger partial charge in [0.05, 0.1) is 21.6 Å². The lowest BCUT2D eigenvalue weighted by atomic mass is 9.83. The van der Waals surface area contributed by atoms with Crippen LogP contribution in [0.25, 0.3) is 10.8 Å². The highest BCUT2D eigenvalue weighted by atomic mass is 32.2. The van der Waals surface area contributed by atoms with Crippen molar-refractivity contribution in [2.45, 2.75) is 22.7 Å². The third-order valence-corrected chi connectivity index (χ3v) is 10.5. The second kappa shape index (κ2) is 10.9. The summed E-state index contributed by atoms with van der Waals surface area (Å²) in [5.41, 5.74) is 1.44. The zero-order valence-electron chi connectivity index (χ0n) is 22.8. The minimum Gasteiger partial charge on any atom is -0.325 e. The van der Waals surface area contributed by atoms with Crippen LogP contribution in [0, 0.1) is 16.0 Å². The summed E-state index contributed by atoms with van der Waals surface area (Å²) in [5, 5.41) is 15.6. The molecule has 2 unspecified atom stereocenters. The minimum atomic E-state index is -0.862. The van der Waals surface area contributed by atoms with E-state index in [4.69, 9.17) is 0 Å². The van der Waals surface area contributed by atoms with E-state index in [9.17, 15) is 29.3 Å². The van der Waals surface area contributed by atoms with Gasteiger partial charge in [-0.1, -0.05) is 83.8 Å². The largest absolute Gasteiger partial charge is 0.325 e. The summed E-state index contributed by atoms with van der Waals surface area (Å²) in [6.45, 7) is -0.266. The molecule has 1 saturated heterocycles. The fourth-order valence-electron chi connectivity index (χ4n) is 5.86. The molecule has 1 N–H and O–H groups in total. The van der Waals surface area contributed by atoms with Crippen LogP contribution < -0.4 is 15.1 Å². The molecule has 12 heteroatoms. The number of thiazole rings is 1. The van der Waals surface area contributed by atoms with Crippen LogP contribution in [0.3, 0.4) is 0 Å². The van der Waals surface area contributed by atoms with Crippen LogP contribution in [-0.4, -0.2) is 32.5 Å². The molecule has 0 spiro atoms. The zero-order chi connectivity index (χ0) is 30.5. The van der Waals surface area contributed by atoms with Crippen LogP contribution in [-0.2, 0) is 20.9 Å². The van der Waals surface area contributed by atoms with Crippen molar-refractivity contribution in [1.29, 1.82) is 0 Å². The van der Waals surface area contributed by atoms with E-state index in [2.05, 4.69) is 5.32 Å². The Labute approximate surface area is 258 Å². The smallest absolute Gasteiger partial charge is 0.308 e. The van der Waals surface area contributed by atoms with E-state index in [-0.39, 0.29) is 22.8 Å². The summed E-state index contributed by atoms with van der Waals surface area (Å²) in [6.07, 6.45) is 0. The van der Waals surface area contributed by atoms with Crippen molar-refractivity contribution >= 4 is 68.7 Å². The van der Waals surface area contributed by atoms with Crippen molar-refractivity contribution in [3.8, 4) is 0 Å². The quantitative estimate of drug-likeness (QED) is 0.152. The van der Waals surface area contributed by atoms with Crippen molar-refractivity contribution < 1.29 is 19.3 Å². The SMILES string of the molecule is O=C(Cn1c2c(sc1=O)[C@H](c1ccccc1)C1C(=O)N(c3ccc([N+](=O)[O-])cc3)C(=O)C1S2)Nc1ccc2ccccc2c1. The number of nitro groups is 1. The van der Waals surface area contributed by atoms with Crippen LogP contribution in [0.5, 0.6) is 0 Å². The van der Waals surface area contributed by atoms with Gasteiger partial charge in [-0.3, -0.25) is 33.9 Å². The Morgan fingerprint density at radius 2 is 1.57 bits per heavy atom. The second-order valence-corrected chi connectivity index (χ2v) is 12.6. The number of benzene rings is 4. The molecule has 3 atom stereocenters. The summed E-state index contributed by atoms with van der Waals surface area (Å²) >= 11 is 2.09. The number of anilines is 2. The van der Waals surface area contributed by atoms with Crippen molar-refractivity contribution in [1.82, 2.24) is 4.57 Å². The van der Waals surface area contributed by atoms with Crippen LogP contribution in [0.2, 0.25) is 0 Å². The number of nitrogens with one attached hydrogen (secondary N) is 1. The number of aromatic nitrogens is 1. The summed E-state index contributed by atoms with van der Waals surface area (Å²) < 4.78 is 1.37. The van der Waals surface area contributed by atoms with Gasteiger partial charge in [-0.2, -0.15) is 0 Å². The Bertz CT molecular complexity index is 2040. The predicted molar refractivity (Wildman–Crippen MR) is 168 cm³/mol. The lowest BCUT2D eigenvalue weighted by Crippen LogP contribution is -2.33. The highest BCUT2D eigenvalue weighted by Gasteiger charge is 2.56. The summed E-state index contributed by atoms with van der Waals surface area (Å²) in [6, 6.07) is 27.8. The molecule has 2 aliphatic heterocycles. The molecule has 0 bridgehead atoms. The molecule has 4 aromatic carbocycles. The molecule has 5 aromatic rings. The summed E-state index contributed by atoms with van der Waals surface area (Å²) in [5.74, 6) is -2.73. The zero-order valence-corrected chi connectivity index (χ0v) is 24.4. The number of hydrogen-bond acceptors (Lipinski definition) is 8. The molecule has 1 fully saturated rings. The van der Waals surface area contributed by atoms with E-state index >= 15 is 0 Å². The van der Waals surface area contributed by atoms with Crippen LogP contribution in [0.1, 0.15) is 16.4 Å². The first-order valence-corrected chi connectivity index (χ1v) is 15.4. The van der Waals surface area contributed by atoms with Gasteiger partial charge in [0.25, 0.3) is 5.69 Å². The maximum atomic E-state index is 13.9. The first kappa shape index (κ1) is 27.7. The van der Waals surface area contributed by atoms with Crippen LogP contribution >= 0.6 is 23.1 Å². The number of nitro benzene ring substituents is 1. The molecule has 218 valence electrons. The number of thioether (sulfide) groups is 1. The maximum absolute atomic E-state index is 13.9. The van der Waals surface area contributed by atoms with Crippen LogP contribution in [0.15, 0.2) is 107 Å². The molecule has 10 nitrogen and oxygen atoms in total. The van der Waals surface area contributed by atoms with Crippen molar-refractivity contribution in [2.24, 2.45) is 5.92 Å². The van der Waals surface area contributed by atoms with Gasteiger partial charge in [-0.05, 0) is 40.6 Å². The standard InChI is InChI=1S/C32H22N4O6S2/c37-24(33-21-11-10-18-6-4-5-9-20(18)16-21)17-34-31-28(44-32(34)40)25(19-7-2-1-3-8-19)26-27(43-31)30(39)35(29(26)38)22-12-14-23(15-13-22)36(41)42/h1-16,25-27H,17H2,(H,33,37)/t25-,26?,27?/m1/s1. The van der Waals surface area contributed by atoms with Gasteiger partial charge >= 0.3 is 4.87 Å². The second-order valence-electron chi connectivity index (χ2n) is 10.5. The molecular weight excluding hydrogens is 601 g/mol. The number of imide groups is 1. The van der Waals surface area contributed by atoms with Gasteiger partial charge in [0, 0.05) is 28.6 Å². The monoisotopic (exact) mass is 622 g/mol. The topological polar surface area (TPSA) is 132 Å². The molecule has 2 aliphatic rings. The van der Waals surface area contributed by atoms with E-state index < -0.39 is 39.7 Å². The number of carbonyl (C=O) groups is 3. The molecule has 0 radical (unpaired) electrons.